The zero-order valence-corrected chi connectivity index (χ0v) is 15.8. The van der Waals surface area contributed by atoms with Gasteiger partial charge in [0.25, 0.3) is 0 Å². The molecular formula is C18H24F2N2O7. The van der Waals surface area contributed by atoms with Gasteiger partial charge >= 0.3 is 6.03 Å². The van der Waals surface area contributed by atoms with E-state index in [9.17, 15) is 23.8 Å². The number of urea groups is 1. The van der Waals surface area contributed by atoms with Crippen molar-refractivity contribution in [3.63, 3.8) is 0 Å². The molecule has 1 aromatic rings. The average molecular weight is 418 g/mol. The molecule has 1 aromatic carbocycles. The van der Waals surface area contributed by atoms with Gasteiger partial charge in [-0.1, -0.05) is 6.92 Å². The summed E-state index contributed by atoms with van der Waals surface area (Å²) in [5.74, 6) is -2.80. The summed E-state index contributed by atoms with van der Waals surface area (Å²) in [5, 5.41) is 33.7. The lowest BCUT2D eigenvalue weighted by Crippen LogP contribution is -2.65. The molecule has 1 fully saturated rings. The van der Waals surface area contributed by atoms with Crippen LogP contribution in [0.1, 0.15) is 13.8 Å². The van der Waals surface area contributed by atoms with E-state index in [1.807, 2.05) is 0 Å². The van der Waals surface area contributed by atoms with Gasteiger partial charge in [0.2, 0.25) is 12.6 Å². The van der Waals surface area contributed by atoms with Gasteiger partial charge in [-0.2, -0.15) is 0 Å². The van der Waals surface area contributed by atoms with E-state index in [0.717, 1.165) is 6.92 Å². The van der Waals surface area contributed by atoms with Crippen molar-refractivity contribution in [1.29, 1.82) is 0 Å². The Kier molecular flexibility index (Phi) is 6.13. The number of amides is 2. The largest absolute Gasteiger partial charge is 0.454 e. The Morgan fingerprint density at radius 1 is 1.34 bits per heavy atom. The third-order valence-corrected chi connectivity index (χ3v) is 5.11. The van der Waals surface area contributed by atoms with E-state index in [1.165, 1.54) is 13.0 Å². The monoisotopic (exact) mass is 418 g/mol. The van der Waals surface area contributed by atoms with E-state index in [1.54, 1.807) is 12.1 Å². The predicted octanol–water partition coefficient (Wildman–Crippen LogP) is 0.678. The van der Waals surface area contributed by atoms with Crippen LogP contribution >= 0.6 is 0 Å². The van der Waals surface area contributed by atoms with Crippen LogP contribution in [-0.2, 0) is 4.74 Å². The van der Waals surface area contributed by atoms with Crippen molar-refractivity contribution in [2.75, 3.05) is 18.7 Å². The second kappa shape index (κ2) is 8.27. The maximum absolute atomic E-state index is 14.7. The van der Waals surface area contributed by atoms with Gasteiger partial charge in [0.05, 0.1) is 18.8 Å². The highest BCUT2D eigenvalue weighted by molar-refractivity contribution is 5.90. The number of aliphatic hydroxyl groups is 3. The Bertz CT molecular complexity index is 751. The van der Waals surface area contributed by atoms with E-state index in [0.29, 0.717) is 17.2 Å². The van der Waals surface area contributed by atoms with Gasteiger partial charge in [-0.25, -0.2) is 13.6 Å². The van der Waals surface area contributed by atoms with Crippen LogP contribution in [0.15, 0.2) is 18.2 Å². The number of hydrogen-bond donors (Lipinski definition) is 5. The van der Waals surface area contributed by atoms with Gasteiger partial charge in [-0.3, -0.25) is 0 Å². The second-order valence-corrected chi connectivity index (χ2v) is 7.26. The first kappa shape index (κ1) is 21.5. The minimum absolute atomic E-state index is 0.0621. The van der Waals surface area contributed by atoms with Gasteiger partial charge in [-0.05, 0) is 19.1 Å². The van der Waals surface area contributed by atoms with E-state index < -0.39 is 54.9 Å². The number of halogens is 2. The van der Waals surface area contributed by atoms with Gasteiger partial charge in [0.1, 0.15) is 12.2 Å². The van der Waals surface area contributed by atoms with Gasteiger partial charge in [0, 0.05) is 17.7 Å². The minimum atomic E-state index is -2.83. The molecule has 1 saturated heterocycles. The van der Waals surface area contributed by atoms with Gasteiger partial charge in [0.15, 0.2) is 17.7 Å². The van der Waals surface area contributed by atoms with Crippen LogP contribution in [0.3, 0.4) is 0 Å². The van der Waals surface area contributed by atoms with E-state index >= 15 is 0 Å². The summed E-state index contributed by atoms with van der Waals surface area (Å²) < 4.78 is 44.7. The lowest BCUT2D eigenvalue weighted by molar-refractivity contribution is -0.280. The normalized spacial score (nSPS) is 33.1. The summed E-state index contributed by atoms with van der Waals surface area (Å²) in [4.78, 5) is 12.4. The number of rotatable bonds is 5. The number of hydrogen-bond acceptors (Lipinski definition) is 7. The summed E-state index contributed by atoms with van der Waals surface area (Å²) in [7, 11) is 0. The molecule has 29 heavy (non-hydrogen) atoms. The summed E-state index contributed by atoms with van der Waals surface area (Å²) in [5.41, 5.74) is 0.345. The number of carbonyl (C=O) groups is 1. The molecule has 2 aliphatic rings. The van der Waals surface area contributed by atoms with E-state index in [2.05, 4.69) is 10.6 Å². The van der Waals surface area contributed by atoms with Crippen LogP contribution in [0.25, 0.3) is 0 Å². The van der Waals surface area contributed by atoms with Crippen molar-refractivity contribution in [3.05, 3.63) is 18.2 Å². The number of anilines is 1. The number of alkyl halides is 2. The Morgan fingerprint density at radius 3 is 2.72 bits per heavy atom. The molecule has 2 amide bonds. The first-order valence-corrected chi connectivity index (χ1v) is 9.09. The molecule has 0 aromatic heterocycles. The molecule has 7 atom stereocenters. The van der Waals surface area contributed by atoms with Crippen molar-refractivity contribution in [2.45, 2.75) is 50.2 Å². The molecular weight excluding hydrogens is 394 g/mol. The molecule has 2 unspecified atom stereocenters. The van der Waals surface area contributed by atoms with Crippen LogP contribution in [-0.4, -0.2) is 71.1 Å². The lowest BCUT2D eigenvalue weighted by atomic mass is 9.82. The van der Waals surface area contributed by atoms with Gasteiger partial charge < -0.3 is 40.2 Å². The summed E-state index contributed by atoms with van der Waals surface area (Å²) in [6.07, 6.45) is -6.90. The minimum Gasteiger partial charge on any atom is -0.454 e. The van der Waals surface area contributed by atoms with Crippen molar-refractivity contribution in [3.8, 4) is 11.5 Å². The van der Waals surface area contributed by atoms with Crippen molar-refractivity contribution in [1.82, 2.24) is 5.32 Å². The number of fused-ring (bicyclic) bond motifs is 1. The number of benzene rings is 1. The fraction of sp³-hybridized carbons (Fsp3) is 0.611. The Hall–Kier alpha value is -2.21. The molecule has 2 aliphatic heterocycles. The maximum Gasteiger partial charge on any atom is 0.319 e. The average Bonchev–Trinajstić information content (AvgIpc) is 3.15. The molecule has 3 rings (SSSR count). The predicted molar refractivity (Wildman–Crippen MR) is 96.1 cm³/mol. The van der Waals surface area contributed by atoms with E-state index in [4.69, 9.17) is 19.3 Å². The van der Waals surface area contributed by atoms with Crippen molar-refractivity contribution < 1.29 is 43.1 Å². The Morgan fingerprint density at radius 2 is 2.03 bits per heavy atom. The molecule has 2 heterocycles. The van der Waals surface area contributed by atoms with Gasteiger partial charge in [-0.15, -0.1) is 0 Å². The van der Waals surface area contributed by atoms with Crippen LogP contribution in [0, 0.1) is 5.92 Å². The number of nitrogens with one attached hydrogen (secondary N) is 2. The highest BCUT2D eigenvalue weighted by Gasteiger charge is 2.55. The molecule has 0 spiro atoms. The summed E-state index contributed by atoms with van der Waals surface area (Å²) in [6.45, 7) is 1.54. The fourth-order valence-corrected chi connectivity index (χ4v) is 3.44. The highest BCUT2D eigenvalue weighted by Crippen LogP contribution is 2.38. The first-order valence-electron chi connectivity index (χ1n) is 9.09. The quantitative estimate of drug-likeness (QED) is 0.475. The number of carbonyl (C=O) groups excluding carboxylic acids is 1. The second-order valence-electron chi connectivity index (χ2n) is 7.26. The molecule has 0 aliphatic carbocycles. The van der Waals surface area contributed by atoms with Crippen LogP contribution < -0.4 is 20.1 Å². The highest BCUT2D eigenvalue weighted by atomic mass is 19.2. The SMILES string of the molecule is C[C@H]1[C@H]([C@H](O)[C@H](O)CO)OC(C)(F)C(F)[C@@H]1NC(=O)Nc1ccc2c(c1)OCO2. The fourth-order valence-electron chi connectivity index (χ4n) is 3.44. The third-order valence-electron chi connectivity index (χ3n) is 5.11. The molecule has 9 nitrogen and oxygen atoms in total. The van der Waals surface area contributed by atoms with Crippen LogP contribution in [0.2, 0.25) is 0 Å². The molecule has 0 saturated carbocycles. The summed E-state index contributed by atoms with van der Waals surface area (Å²) >= 11 is 0. The van der Waals surface area contributed by atoms with Crippen LogP contribution in [0.5, 0.6) is 11.5 Å². The van der Waals surface area contributed by atoms with Crippen molar-refractivity contribution >= 4 is 11.7 Å². The topological polar surface area (TPSA) is 130 Å². The Balaban J connectivity index is 1.72. The first-order chi connectivity index (χ1) is 13.6. The maximum atomic E-state index is 14.7. The number of ether oxygens (including phenoxy) is 3. The molecule has 11 heteroatoms. The molecule has 0 bridgehead atoms. The Labute approximate surface area is 165 Å². The zero-order chi connectivity index (χ0) is 21.3. The van der Waals surface area contributed by atoms with Crippen molar-refractivity contribution in [2.24, 2.45) is 5.92 Å². The molecule has 0 radical (unpaired) electrons. The number of aliphatic hydroxyl groups excluding tert-OH is 3. The summed E-state index contributed by atoms with van der Waals surface area (Å²) in [6, 6.07) is 2.48. The standard InChI is InChI=1S/C18H24F2N2O7/c1-8-13(16(19)18(2,20)29-15(8)14(25)10(24)6-23)22-17(26)21-9-3-4-11-12(5-9)28-7-27-11/h3-5,8,10,13-16,23-25H,6-7H2,1-2H3,(H2,21,22,26)/t8-,10-,13-,14-,15-,16?,18?/m1/s1. The smallest absolute Gasteiger partial charge is 0.319 e. The molecule has 5 N–H and O–H groups in total. The van der Waals surface area contributed by atoms with E-state index in [-0.39, 0.29) is 6.79 Å². The lowest BCUT2D eigenvalue weighted by Gasteiger charge is -2.46. The zero-order valence-electron chi connectivity index (χ0n) is 15.8. The van der Waals surface area contributed by atoms with Crippen LogP contribution in [0.4, 0.5) is 19.3 Å². The third kappa shape index (κ3) is 4.37. The molecule has 162 valence electrons.